The molecule has 0 saturated carbocycles. The Kier molecular flexibility index (Phi) is 8.50. The molecule has 0 spiro atoms. The third-order valence-electron chi connectivity index (χ3n) is 2.05. The van der Waals surface area contributed by atoms with Gasteiger partial charge in [0.1, 0.15) is 0 Å². The molecule has 1 aromatic carbocycles. The molecule has 0 bridgehead atoms. The fourth-order valence-electron chi connectivity index (χ4n) is 1.28. The van der Waals surface area contributed by atoms with E-state index in [1.54, 1.807) is 0 Å². The molecule has 1 nitrogen and oxygen atoms in total. The quantitative estimate of drug-likeness (QED) is 0.645. The summed E-state index contributed by atoms with van der Waals surface area (Å²) < 4.78 is 0. The Bertz CT molecular complexity index is 244. The topological polar surface area (TPSA) is 26.0 Å². The molecule has 0 radical (unpaired) electrons. The van der Waals surface area contributed by atoms with E-state index < -0.39 is 0 Å². The first-order valence-corrected chi connectivity index (χ1v) is 7.46. The molecule has 4 heteroatoms. The molecule has 0 aliphatic rings. The molecule has 0 saturated heterocycles. The van der Waals surface area contributed by atoms with Gasteiger partial charge >= 0.3 is 33.3 Å². The van der Waals surface area contributed by atoms with Gasteiger partial charge in [0, 0.05) is 5.69 Å². The molecule has 0 heterocycles. The first-order chi connectivity index (χ1) is 6.71. The van der Waals surface area contributed by atoms with Crippen molar-refractivity contribution in [3.8, 4) is 0 Å². The first kappa shape index (κ1) is 14.1. The van der Waals surface area contributed by atoms with Crippen LogP contribution < -0.4 is 5.73 Å². The minimum absolute atomic E-state index is 0.194. The average molecular weight is 276 g/mol. The Morgan fingerprint density at radius 2 is 1.50 bits per heavy atom. The summed E-state index contributed by atoms with van der Waals surface area (Å²) in [5.74, 6) is 0. The van der Waals surface area contributed by atoms with Crippen LogP contribution in [-0.2, 0) is 26.0 Å². The molecule has 2 N–H and O–H groups in total. The standard InChI is InChI=1S/C10H15N.2ClH.Fe/c1-3-8-6-5-7-9(4-2)10(8)11;;;/h5-7H,3-4,11H2,1-2H3;2*1H;/q;;;+2/p-2. The van der Waals surface area contributed by atoms with E-state index in [9.17, 15) is 0 Å². The normalized spacial score (nSPS) is 9.43. The summed E-state index contributed by atoms with van der Waals surface area (Å²) in [6, 6.07) is 6.26. The molecule has 0 fully saturated rings. The Hall–Kier alpha value is 0.119. The maximum absolute atomic E-state index is 5.90. The second-order valence-electron chi connectivity index (χ2n) is 2.75. The number of nitrogens with two attached hydrogens (primary N) is 1. The third kappa shape index (κ3) is 4.56. The van der Waals surface area contributed by atoms with Crippen LogP contribution in [0.2, 0.25) is 0 Å². The molecule has 0 aromatic heterocycles. The van der Waals surface area contributed by atoms with E-state index in [4.69, 9.17) is 25.9 Å². The molecular formula is C10H15Cl2FeN. The molecule has 0 aliphatic heterocycles. The van der Waals surface area contributed by atoms with E-state index in [1.165, 1.54) is 11.1 Å². The van der Waals surface area contributed by atoms with Crippen LogP contribution in [0.5, 0.6) is 0 Å². The number of halogens is 2. The van der Waals surface area contributed by atoms with Crippen molar-refractivity contribution in [3.05, 3.63) is 29.3 Å². The van der Waals surface area contributed by atoms with Crippen LogP contribution >= 0.6 is 20.2 Å². The molecule has 0 aliphatic carbocycles. The zero-order valence-corrected chi connectivity index (χ0v) is 10.9. The average Bonchev–Trinajstić information content (AvgIpc) is 2.19. The number of benzene rings is 1. The summed E-state index contributed by atoms with van der Waals surface area (Å²) in [5, 5.41) is 0. The van der Waals surface area contributed by atoms with Crippen molar-refractivity contribution in [1.82, 2.24) is 0 Å². The van der Waals surface area contributed by atoms with Gasteiger partial charge in [-0.25, -0.2) is 0 Å². The van der Waals surface area contributed by atoms with Crippen LogP contribution in [-0.4, -0.2) is 0 Å². The van der Waals surface area contributed by atoms with E-state index in [1.807, 2.05) is 0 Å². The van der Waals surface area contributed by atoms with Gasteiger partial charge in [-0.05, 0) is 24.0 Å². The maximum atomic E-state index is 5.90. The molecule has 1 aromatic rings. The van der Waals surface area contributed by atoms with Crippen molar-refractivity contribution in [2.45, 2.75) is 26.7 Å². The summed E-state index contributed by atoms with van der Waals surface area (Å²) in [6.45, 7) is 4.26. The van der Waals surface area contributed by atoms with Crippen LogP contribution in [0.25, 0.3) is 0 Å². The number of para-hydroxylation sites is 1. The second kappa shape index (κ2) is 8.43. The minimum atomic E-state index is 0.194. The number of hydrogen-bond acceptors (Lipinski definition) is 1. The molecular weight excluding hydrogens is 261 g/mol. The predicted octanol–water partition coefficient (Wildman–Crippen LogP) is 3.77. The summed E-state index contributed by atoms with van der Waals surface area (Å²) in [7, 11) is 9.53. The number of nitrogen functional groups attached to an aromatic ring is 1. The second-order valence-corrected chi connectivity index (χ2v) is 4.57. The van der Waals surface area contributed by atoms with Crippen molar-refractivity contribution < 1.29 is 13.1 Å². The van der Waals surface area contributed by atoms with Gasteiger partial charge < -0.3 is 5.73 Å². The monoisotopic (exact) mass is 275 g/mol. The van der Waals surface area contributed by atoms with Crippen molar-refractivity contribution in [2.24, 2.45) is 0 Å². The van der Waals surface area contributed by atoms with Gasteiger partial charge in [-0.3, -0.25) is 0 Å². The zero-order valence-electron chi connectivity index (χ0n) is 8.33. The van der Waals surface area contributed by atoms with Crippen LogP contribution in [0.4, 0.5) is 5.69 Å². The Morgan fingerprint density at radius 1 is 1.14 bits per heavy atom. The van der Waals surface area contributed by atoms with Crippen LogP contribution in [0, 0.1) is 0 Å². The third-order valence-corrected chi connectivity index (χ3v) is 2.05. The van der Waals surface area contributed by atoms with Gasteiger partial charge in [-0.2, -0.15) is 0 Å². The van der Waals surface area contributed by atoms with E-state index in [0.29, 0.717) is 0 Å². The van der Waals surface area contributed by atoms with Crippen molar-refractivity contribution in [1.29, 1.82) is 0 Å². The van der Waals surface area contributed by atoms with Crippen molar-refractivity contribution in [3.63, 3.8) is 0 Å². The molecule has 0 unspecified atom stereocenters. The van der Waals surface area contributed by atoms with Gasteiger partial charge in [0.15, 0.2) is 0 Å². The fourth-order valence-corrected chi connectivity index (χ4v) is 1.28. The van der Waals surface area contributed by atoms with Crippen LogP contribution in [0.3, 0.4) is 0 Å². The van der Waals surface area contributed by atoms with Gasteiger partial charge in [0.05, 0.1) is 0 Å². The number of anilines is 1. The van der Waals surface area contributed by atoms with E-state index in [0.717, 1.165) is 18.5 Å². The Morgan fingerprint density at radius 3 is 1.79 bits per heavy atom. The number of rotatable bonds is 2. The Labute approximate surface area is 101 Å². The Balaban J connectivity index is 0.000000500. The first-order valence-electron chi connectivity index (χ1n) is 4.42. The van der Waals surface area contributed by atoms with Gasteiger partial charge in [-0.1, -0.05) is 32.0 Å². The summed E-state index contributed by atoms with van der Waals surface area (Å²) in [4.78, 5) is 0. The summed E-state index contributed by atoms with van der Waals surface area (Å²) in [5.41, 5.74) is 9.42. The molecule has 1 rings (SSSR count). The van der Waals surface area contributed by atoms with Gasteiger partial charge in [-0.15, -0.1) is 0 Å². The zero-order chi connectivity index (χ0) is 11.0. The number of hydrogen-bond donors (Lipinski definition) is 1. The molecule has 0 amide bonds. The SMILES string of the molecule is CCc1cccc(CC)c1N.[Cl][Fe][Cl]. The molecule has 0 atom stereocenters. The van der Waals surface area contributed by atoms with E-state index in [2.05, 4.69) is 32.0 Å². The van der Waals surface area contributed by atoms with Crippen molar-refractivity contribution >= 4 is 25.9 Å². The molecule has 82 valence electrons. The molecule has 14 heavy (non-hydrogen) atoms. The van der Waals surface area contributed by atoms with Crippen molar-refractivity contribution in [2.75, 3.05) is 5.73 Å². The van der Waals surface area contributed by atoms with E-state index >= 15 is 0 Å². The van der Waals surface area contributed by atoms with Gasteiger partial charge in [0.2, 0.25) is 0 Å². The van der Waals surface area contributed by atoms with Gasteiger partial charge in [0.25, 0.3) is 0 Å². The number of aryl methyl sites for hydroxylation is 2. The fraction of sp³-hybridized carbons (Fsp3) is 0.400. The summed E-state index contributed by atoms with van der Waals surface area (Å²) >= 11 is 0.194. The van der Waals surface area contributed by atoms with E-state index in [-0.39, 0.29) is 13.1 Å². The van der Waals surface area contributed by atoms with Crippen LogP contribution in [0.1, 0.15) is 25.0 Å². The summed E-state index contributed by atoms with van der Waals surface area (Å²) in [6.07, 6.45) is 2.05. The van der Waals surface area contributed by atoms with Crippen LogP contribution in [0.15, 0.2) is 18.2 Å². The predicted molar refractivity (Wildman–Crippen MR) is 61.3 cm³/mol.